The summed E-state index contributed by atoms with van der Waals surface area (Å²) in [5.74, 6) is -0.0338. The van der Waals surface area contributed by atoms with Crippen molar-refractivity contribution in [3.8, 4) is 0 Å². The lowest BCUT2D eigenvalue weighted by atomic mass is 10.1. The zero-order valence-electron chi connectivity index (χ0n) is 14.9. The smallest absolute Gasteiger partial charge is 0.240 e. The molecule has 1 unspecified atom stereocenters. The number of sulfonamides is 1. The van der Waals surface area contributed by atoms with Crippen molar-refractivity contribution in [1.82, 2.24) is 4.72 Å². The molecule has 0 fully saturated rings. The van der Waals surface area contributed by atoms with Gasteiger partial charge in [-0.1, -0.05) is 12.1 Å². The standard InChI is InChI=1S/C19H23N3O3S/c1-13-11-16-12-18(7-8-19(16)22(13)14(2)23)26(24,25)21-10-9-15-3-5-17(20)6-4-15/h3-8,12-13,21H,9-11,20H2,1-2H3. The number of nitrogens with zero attached hydrogens (tertiary/aromatic N) is 1. The lowest BCUT2D eigenvalue weighted by Gasteiger charge is -2.20. The highest BCUT2D eigenvalue weighted by molar-refractivity contribution is 7.89. The fourth-order valence-electron chi connectivity index (χ4n) is 3.35. The first-order valence-corrected chi connectivity index (χ1v) is 10.0. The lowest BCUT2D eigenvalue weighted by Crippen LogP contribution is -2.33. The number of amides is 1. The van der Waals surface area contributed by atoms with Crippen molar-refractivity contribution in [2.45, 2.75) is 37.6 Å². The van der Waals surface area contributed by atoms with Crippen molar-refractivity contribution >= 4 is 27.3 Å². The van der Waals surface area contributed by atoms with Gasteiger partial charge in [-0.15, -0.1) is 0 Å². The first-order valence-electron chi connectivity index (χ1n) is 8.55. The number of fused-ring (bicyclic) bond motifs is 1. The van der Waals surface area contributed by atoms with Crippen LogP contribution in [0.25, 0.3) is 0 Å². The number of benzene rings is 2. The number of carbonyl (C=O) groups is 1. The first kappa shape index (κ1) is 18.4. The summed E-state index contributed by atoms with van der Waals surface area (Å²) in [5, 5.41) is 0. The van der Waals surface area contributed by atoms with Crippen LogP contribution in [-0.4, -0.2) is 26.9 Å². The monoisotopic (exact) mass is 373 g/mol. The van der Waals surface area contributed by atoms with Gasteiger partial charge in [0.25, 0.3) is 0 Å². The van der Waals surface area contributed by atoms with Gasteiger partial charge in [-0.05, 0) is 61.2 Å². The molecule has 0 aromatic heterocycles. The van der Waals surface area contributed by atoms with Gasteiger partial charge in [0.15, 0.2) is 0 Å². The van der Waals surface area contributed by atoms with Crippen LogP contribution in [0.3, 0.4) is 0 Å². The van der Waals surface area contributed by atoms with E-state index in [9.17, 15) is 13.2 Å². The molecule has 7 heteroatoms. The summed E-state index contributed by atoms with van der Waals surface area (Å²) < 4.78 is 27.8. The van der Waals surface area contributed by atoms with Crippen molar-refractivity contribution < 1.29 is 13.2 Å². The van der Waals surface area contributed by atoms with Crippen LogP contribution in [0.1, 0.15) is 25.0 Å². The van der Waals surface area contributed by atoms with E-state index in [0.29, 0.717) is 25.1 Å². The largest absolute Gasteiger partial charge is 0.399 e. The van der Waals surface area contributed by atoms with Gasteiger partial charge in [-0.3, -0.25) is 4.79 Å². The van der Waals surface area contributed by atoms with Gasteiger partial charge in [0.2, 0.25) is 15.9 Å². The van der Waals surface area contributed by atoms with E-state index < -0.39 is 10.0 Å². The molecule has 1 aliphatic rings. The normalized spacial score (nSPS) is 16.5. The summed E-state index contributed by atoms with van der Waals surface area (Å²) in [7, 11) is -3.59. The van der Waals surface area contributed by atoms with Gasteiger partial charge in [0, 0.05) is 30.9 Å². The summed E-state index contributed by atoms with van der Waals surface area (Å²) in [6, 6.07) is 12.3. The Hall–Kier alpha value is -2.38. The van der Waals surface area contributed by atoms with E-state index in [0.717, 1.165) is 16.8 Å². The van der Waals surface area contributed by atoms with E-state index >= 15 is 0 Å². The van der Waals surface area contributed by atoms with Crippen LogP contribution in [0.4, 0.5) is 11.4 Å². The Labute approximate surface area is 154 Å². The Balaban J connectivity index is 1.71. The average Bonchev–Trinajstić information content (AvgIpc) is 2.91. The van der Waals surface area contributed by atoms with Crippen LogP contribution in [0, 0.1) is 0 Å². The van der Waals surface area contributed by atoms with Gasteiger partial charge in [0.1, 0.15) is 0 Å². The van der Waals surface area contributed by atoms with Crippen molar-refractivity contribution in [1.29, 1.82) is 0 Å². The Morgan fingerprint density at radius 2 is 1.92 bits per heavy atom. The van der Waals surface area contributed by atoms with Gasteiger partial charge in [-0.25, -0.2) is 13.1 Å². The van der Waals surface area contributed by atoms with Crippen molar-refractivity contribution in [2.24, 2.45) is 0 Å². The number of anilines is 2. The predicted molar refractivity (Wildman–Crippen MR) is 103 cm³/mol. The summed E-state index contributed by atoms with van der Waals surface area (Å²) in [6.45, 7) is 3.79. The second-order valence-corrected chi connectivity index (χ2v) is 8.39. The Morgan fingerprint density at radius 1 is 1.23 bits per heavy atom. The zero-order valence-corrected chi connectivity index (χ0v) is 15.7. The molecule has 0 spiro atoms. The van der Waals surface area contributed by atoms with Crippen LogP contribution in [0.15, 0.2) is 47.4 Å². The van der Waals surface area contributed by atoms with Crippen molar-refractivity contribution in [3.63, 3.8) is 0 Å². The van der Waals surface area contributed by atoms with Gasteiger partial charge in [0.05, 0.1) is 4.90 Å². The number of carbonyl (C=O) groups excluding carboxylic acids is 1. The highest BCUT2D eigenvalue weighted by Crippen LogP contribution is 2.33. The Bertz CT molecular complexity index is 924. The van der Waals surface area contributed by atoms with Crippen LogP contribution >= 0.6 is 0 Å². The molecule has 0 saturated carbocycles. The highest BCUT2D eigenvalue weighted by Gasteiger charge is 2.30. The molecule has 138 valence electrons. The number of nitrogens with one attached hydrogen (secondary N) is 1. The molecule has 1 heterocycles. The fourth-order valence-corrected chi connectivity index (χ4v) is 4.43. The molecule has 3 N–H and O–H groups in total. The summed E-state index contributed by atoms with van der Waals surface area (Å²) >= 11 is 0. The van der Waals surface area contributed by atoms with E-state index in [1.54, 1.807) is 35.2 Å². The van der Waals surface area contributed by atoms with Gasteiger partial charge < -0.3 is 10.6 Å². The Kier molecular flexibility index (Phi) is 5.02. The molecule has 2 aromatic rings. The molecule has 0 bridgehead atoms. The zero-order chi connectivity index (χ0) is 18.9. The van der Waals surface area contributed by atoms with E-state index in [1.165, 1.54) is 6.92 Å². The van der Waals surface area contributed by atoms with Crippen molar-refractivity contribution in [3.05, 3.63) is 53.6 Å². The maximum atomic E-state index is 12.6. The fraction of sp³-hybridized carbons (Fsp3) is 0.316. The number of rotatable bonds is 5. The molecule has 2 aromatic carbocycles. The Morgan fingerprint density at radius 3 is 2.58 bits per heavy atom. The minimum absolute atomic E-state index is 0.0338. The molecular formula is C19H23N3O3S. The number of hydrogen-bond acceptors (Lipinski definition) is 4. The van der Waals surface area contributed by atoms with Gasteiger partial charge >= 0.3 is 0 Å². The lowest BCUT2D eigenvalue weighted by molar-refractivity contribution is -0.116. The van der Waals surface area contributed by atoms with E-state index in [4.69, 9.17) is 5.73 Å². The SMILES string of the molecule is CC(=O)N1c2ccc(S(=O)(=O)NCCc3ccc(N)cc3)cc2CC1C. The van der Waals surface area contributed by atoms with Crippen LogP contribution in [-0.2, 0) is 27.7 Å². The molecule has 3 rings (SSSR count). The molecule has 26 heavy (non-hydrogen) atoms. The third-order valence-corrected chi connectivity index (χ3v) is 6.06. The molecular weight excluding hydrogens is 350 g/mol. The second-order valence-electron chi connectivity index (χ2n) is 6.62. The molecule has 1 aliphatic heterocycles. The molecule has 6 nitrogen and oxygen atoms in total. The maximum absolute atomic E-state index is 12.6. The topological polar surface area (TPSA) is 92.5 Å². The molecule has 0 saturated heterocycles. The second kappa shape index (κ2) is 7.09. The summed E-state index contributed by atoms with van der Waals surface area (Å²) in [4.78, 5) is 13.7. The molecule has 0 aliphatic carbocycles. The highest BCUT2D eigenvalue weighted by atomic mass is 32.2. The third-order valence-electron chi connectivity index (χ3n) is 4.60. The van der Waals surface area contributed by atoms with Gasteiger partial charge in [-0.2, -0.15) is 0 Å². The maximum Gasteiger partial charge on any atom is 0.240 e. The minimum atomic E-state index is -3.59. The molecule has 1 atom stereocenters. The quantitative estimate of drug-likeness (QED) is 0.785. The molecule has 0 radical (unpaired) electrons. The van der Waals surface area contributed by atoms with E-state index in [-0.39, 0.29) is 16.8 Å². The number of nitrogens with two attached hydrogens (primary N) is 1. The van der Waals surface area contributed by atoms with Crippen LogP contribution in [0.5, 0.6) is 0 Å². The summed E-state index contributed by atoms with van der Waals surface area (Å²) in [6.07, 6.45) is 1.24. The number of nitrogen functional groups attached to an aromatic ring is 1. The predicted octanol–water partition coefficient (Wildman–Crippen LogP) is 2.09. The first-order chi connectivity index (χ1) is 12.3. The van der Waals surface area contributed by atoms with E-state index in [1.807, 2.05) is 19.1 Å². The summed E-state index contributed by atoms with van der Waals surface area (Å²) in [5.41, 5.74) is 9.03. The van der Waals surface area contributed by atoms with Crippen LogP contribution in [0.2, 0.25) is 0 Å². The van der Waals surface area contributed by atoms with E-state index in [2.05, 4.69) is 4.72 Å². The van der Waals surface area contributed by atoms with Crippen molar-refractivity contribution in [2.75, 3.05) is 17.2 Å². The number of hydrogen-bond donors (Lipinski definition) is 2. The third kappa shape index (κ3) is 3.73. The average molecular weight is 373 g/mol. The van der Waals surface area contributed by atoms with Crippen LogP contribution < -0.4 is 15.4 Å². The molecule has 1 amide bonds. The minimum Gasteiger partial charge on any atom is -0.399 e.